The SMILES string of the molecule is COc1ccc(CNc2nc(Cl)nc3sccc23)cn1. The molecule has 0 saturated heterocycles. The van der Waals surface area contributed by atoms with Gasteiger partial charge in [0.2, 0.25) is 11.2 Å². The van der Waals surface area contributed by atoms with Crippen molar-refractivity contribution < 1.29 is 4.74 Å². The van der Waals surface area contributed by atoms with Crippen LogP contribution in [0.1, 0.15) is 5.56 Å². The molecule has 3 aromatic rings. The molecular weight excluding hydrogens is 296 g/mol. The van der Waals surface area contributed by atoms with Gasteiger partial charge in [0.05, 0.1) is 12.5 Å². The maximum absolute atomic E-state index is 5.92. The van der Waals surface area contributed by atoms with Crippen LogP contribution in [-0.2, 0) is 6.54 Å². The van der Waals surface area contributed by atoms with Crippen molar-refractivity contribution in [3.05, 3.63) is 40.6 Å². The van der Waals surface area contributed by atoms with Gasteiger partial charge in [0.15, 0.2) is 0 Å². The maximum Gasteiger partial charge on any atom is 0.225 e. The number of halogens is 1. The Morgan fingerprint density at radius 1 is 1.30 bits per heavy atom. The summed E-state index contributed by atoms with van der Waals surface area (Å²) in [6.07, 6.45) is 1.76. The molecular formula is C13H11ClN4OS. The highest BCUT2D eigenvalue weighted by Crippen LogP contribution is 2.26. The van der Waals surface area contributed by atoms with Crippen LogP contribution in [0, 0.1) is 0 Å². The summed E-state index contributed by atoms with van der Waals surface area (Å²) in [4.78, 5) is 13.4. The molecule has 0 fully saturated rings. The van der Waals surface area contributed by atoms with Crippen LogP contribution in [0.15, 0.2) is 29.8 Å². The molecule has 102 valence electrons. The van der Waals surface area contributed by atoms with Crippen molar-refractivity contribution in [3.8, 4) is 5.88 Å². The van der Waals surface area contributed by atoms with Crippen LogP contribution in [0.25, 0.3) is 10.2 Å². The first-order valence-electron chi connectivity index (χ1n) is 5.90. The lowest BCUT2D eigenvalue weighted by molar-refractivity contribution is 0.397. The molecule has 0 radical (unpaired) electrons. The van der Waals surface area contributed by atoms with Gasteiger partial charge in [0.1, 0.15) is 10.6 Å². The van der Waals surface area contributed by atoms with Gasteiger partial charge in [-0.1, -0.05) is 6.07 Å². The molecule has 0 spiro atoms. The zero-order valence-electron chi connectivity index (χ0n) is 10.6. The Morgan fingerprint density at radius 3 is 2.95 bits per heavy atom. The van der Waals surface area contributed by atoms with E-state index in [9.17, 15) is 0 Å². The highest BCUT2D eigenvalue weighted by Gasteiger charge is 2.07. The van der Waals surface area contributed by atoms with E-state index in [1.807, 2.05) is 23.6 Å². The van der Waals surface area contributed by atoms with E-state index in [1.54, 1.807) is 13.3 Å². The van der Waals surface area contributed by atoms with Crippen molar-refractivity contribution in [2.45, 2.75) is 6.54 Å². The second kappa shape index (κ2) is 5.60. The van der Waals surface area contributed by atoms with E-state index in [0.29, 0.717) is 12.4 Å². The Morgan fingerprint density at radius 2 is 2.20 bits per heavy atom. The fourth-order valence-corrected chi connectivity index (χ4v) is 2.77. The zero-order valence-corrected chi connectivity index (χ0v) is 12.2. The second-order valence-electron chi connectivity index (χ2n) is 4.04. The van der Waals surface area contributed by atoms with Crippen molar-refractivity contribution >= 4 is 39.0 Å². The summed E-state index contributed by atoms with van der Waals surface area (Å²) in [5.41, 5.74) is 1.03. The van der Waals surface area contributed by atoms with Crippen molar-refractivity contribution in [2.24, 2.45) is 0 Å². The monoisotopic (exact) mass is 306 g/mol. The Bertz CT molecular complexity index is 729. The first-order valence-corrected chi connectivity index (χ1v) is 7.15. The molecule has 5 nitrogen and oxygen atoms in total. The molecule has 3 heterocycles. The van der Waals surface area contributed by atoms with Gasteiger partial charge in [-0.2, -0.15) is 0 Å². The molecule has 0 bridgehead atoms. The lowest BCUT2D eigenvalue weighted by atomic mass is 10.3. The minimum absolute atomic E-state index is 0.246. The Balaban J connectivity index is 1.80. The van der Waals surface area contributed by atoms with E-state index in [2.05, 4.69) is 20.3 Å². The number of hydrogen-bond donors (Lipinski definition) is 1. The van der Waals surface area contributed by atoms with Crippen LogP contribution in [0.2, 0.25) is 5.28 Å². The third kappa shape index (κ3) is 2.66. The Labute approximate surface area is 124 Å². The fourth-order valence-electron chi connectivity index (χ4n) is 1.79. The molecule has 1 N–H and O–H groups in total. The van der Waals surface area contributed by atoms with Crippen molar-refractivity contribution in [1.82, 2.24) is 15.0 Å². The molecule has 0 aliphatic carbocycles. The van der Waals surface area contributed by atoms with Crippen LogP contribution >= 0.6 is 22.9 Å². The zero-order chi connectivity index (χ0) is 13.9. The number of nitrogens with one attached hydrogen (secondary N) is 1. The van der Waals surface area contributed by atoms with Crippen LogP contribution in [-0.4, -0.2) is 22.1 Å². The molecule has 0 unspecified atom stereocenters. The van der Waals surface area contributed by atoms with Gasteiger partial charge >= 0.3 is 0 Å². The van der Waals surface area contributed by atoms with E-state index < -0.39 is 0 Å². The Hall–Kier alpha value is -1.92. The first kappa shape index (κ1) is 13.1. The summed E-state index contributed by atoms with van der Waals surface area (Å²) >= 11 is 7.46. The molecule has 0 aromatic carbocycles. The van der Waals surface area contributed by atoms with E-state index in [-0.39, 0.29) is 5.28 Å². The summed E-state index contributed by atoms with van der Waals surface area (Å²) in [6, 6.07) is 5.75. The molecule has 3 rings (SSSR count). The summed E-state index contributed by atoms with van der Waals surface area (Å²) < 4.78 is 5.03. The Kier molecular flexibility index (Phi) is 3.66. The number of fused-ring (bicyclic) bond motifs is 1. The third-order valence-electron chi connectivity index (χ3n) is 2.76. The van der Waals surface area contributed by atoms with Crippen LogP contribution in [0.3, 0.4) is 0 Å². The molecule has 0 aliphatic heterocycles. The topological polar surface area (TPSA) is 59.9 Å². The van der Waals surface area contributed by atoms with E-state index >= 15 is 0 Å². The number of methoxy groups -OCH3 is 1. The summed E-state index contributed by atoms with van der Waals surface area (Å²) in [5, 5.41) is 6.45. The number of pyridine rings is 1. The maximum atomic E-state index is 5.92. The largest absolute Gasteiger partial charge is 0.481 e. The van der Waals surface area contributed by atoms with E-state index in [0.717, 1.165) is 21.6 Å². The number of aromatic nitrogens is 3. The first-order chi connectivity index (χ1) is 9.76. The molecule has 0 atom stereocenters. The van der Waals surface area contributed by atoms with Gasteiger partial charge in [-0.05, 0) is 28.6 Å². The van der Waals surface area contributed by atoms with Crippen molar-refractivity contribution in [1.29, 1.82) is 0 Å². The van der Waals surface area contributed by atoms with Gasteiger partial charge in [-0.25, -0.2) is 15.0 Å². The lowest BCUT2D eigenvalue weighted by Gasteiger charge is -2.07. The summed E-state index contributed by atoms with van der Waals surface area (Å²) in [5.74, 6) is 1.33. The molecule has 3 aromatic heterocycles. The van der Waals surface area contributed by atoms with Crippen LogP contribution in [0.4, 0.5) is 5.82 Å². The van der Waals surface area contributed by atoms with Crippen molar-refractivity contribution in [2.75, 3.05) is 12.4 Å². The number of nitrogens with zero attached hydrogens (tertiary/aromatic N) is 3. The van der Waals surface area contributed by atoms with Gasteiger partial charge in [-0.3, -0.25) is 0 Å². The van der Waals surface area contributed by atoms with Gasteiger partial charge < -0.3 is 10.1 Å². The lowest BCUT2D eigenvalue weighted by Crippen LogP contribution is -2.03. The number of rotatable bonds is 4. The van der Waals surface area contributed by atoms with Gasteiger partial charge in [0, 0.05) is 18.8 Å². The molecule has 0 aliphatic rings. The smallest absolute Gasteiger partial charge is 0.225 e. The molecule has 0 saturated carbocycles. The number of thiophene rings is 1. The second-order valence-corrected chi connectivity index (χ2v) is 5.28. The molecule has 7 heteroatoms. The molecule has 20 heavy (non-hydrogen) atoms. The number of ether oxygens (including phenoxy) is 1. The summed E-state index contributed by atoms with van der Waals surface area (Å²) in [7, 11) is 1.59. The average molecular weight is 307 g/mol. The quantitative estimate of drug-likeness (QED) is 0.749. The number of hydrogen-bond acceptors (Lipinski definition) is 6. The average Bonchev–Trinajstić information content (AvgIpc) is 2.93. The van der Waals surface area contributed by atoms with Crippen LogP contribution < -0.4 is 10.1 Å². The van der Waals surface area contributed by atoms with Gasteiger partial charge in [0.25, 0.3) is 0 Å². The predicted molar refractivity (Wildman–Crippen MR) is 80.5 cm³/mol. The van der Waals surface area contributed by atoms with Crippen molar-refractivity contribution in [3.63, 3.8) is 0 Å². The number of anilines is 1. The standard InChI is InChI=1S/C13H11ClN4OS/c1-19-10-3-2-8(6-15-10)7-16-11-9-4-5-20-12(9)18-13(14)17-11/h2-6H,7H2,1H3,(H,16,17,18). The minimum Gasteiger partial charge on any atom is -0.481 e. The van der Waals surface area contributed by atoms with Crippen LogP contribution in [0.5, 0.6) is 5.88 Å². The predicted octanol–water partition coefficient (Wildman–Crippen LogP) is 3.36. The van der Waals surface area contributed by atoms with E-state index in [1.165, 1.54) is 11.3 Å². The van der Waals surface area contributed by atoms with Gasteiger partial charge in [-0.15, -0.1) is 11.3 Å². The fraction of sp³-hybridized carbons (Fsp3) is 0.154. The highest BCUT2D eigenvalue weighted by molar-refractivity contribution is 7.16. The minimum atomic E-state index is 0.246. The third-order valence-corrected chi connectivity index (χ3v) is 3.74. The highest BCUT2D eigenvalue weighted by atomic mass is 35.5. The normalized spacial score (nSPS) is 10.7. The molecule has 0 amide bonds. The van der Waals surface area contributed by atoms with E-state index in [4.69, 9.17) is 16.3 Å². The summed E-state index contributed by atoms with van der Waals surface area (Å²) in [6.45, 7) is 0.606.